The van der Waals surface area contributed by atoms with Crippen molar-refractivity contribution >= 4 is 0 Å². The third kappa shape index (κ3) is 2.36. The van der Waals surface area contributed by atoms with Crippen LogP contribution in [0.2, 0.25) is 0 Å². The standard InChI is InChI=1S/C17H18O3/c1-2-18-16-19-13-17(20-16,14-9-5-3-6-10-14)15-11-7-4-8-12-15/h3-12,16H,2,13H2,1H3. The van der Waals surface area contributed by atoms with Crippen molar-refractivity contribution in [3.8, 4) is 0 Å². The second-order valence-electron chi connectivity index (χ2n) is 4.73. The van der Waals surface area contributed by atoms with Crippen molar-refractivity contribution in [2.45, 2.75) is 19.0 Å². The lowest BCUT2D eigenvalue weighted by atomic mass is 9.87. The van der Waals surface area contributed by atoms with Gasteiger partial charge in [-0.1, -0.05) is 60.7 Å². The molecule has 1 heterocycles. The van der Waals surface area contributed by atoms with Gasteiger partial charge in [0.1, 0.15) is 5.60 Å². The topological polar surface area (TPSA) is 27.7 Å². The first kappa shape index (κ1) is 13.3. The van der Waals surface area contributed by atoms with Gasteiger partial charge in [-0.2, -0.15) is 0 Å². The van der Waals surface area contributed by atoms with E-state index in [0.29, 0.717) is 13.2 Å². The molecule has 1 fully saturated rings. The highest BCUT2D eigenvalue weighted by molar-refractivity contribution is 5.37. The number of benzene rings is 2. The zero-order chi connectivity index (χ0) is 13.8. The van der Waals surface area contributed by atoms with E-state index >= 15 is 0 Å². The summed E-state index contributed by atoms with van der Waals surface area (Å²) in [7, 11) is 0. The quantitative estimate of drug-likeness (QED) is 0.853. The van der Waals surface area contributed by atoms with Crippen molar-refractivity contribution < 1.29 is 14.2 Å². The smallest absolute Gasteiger partial charge is 0.273 e. The Kier molecular flexibility index (Phi) is 3.83. The summed E-state index contributed by atoms with van der Waals surface area (Å²) in [6.45, 7) is 2.33. The van der Waals surface area contributed by atoms with Gasteiger partial charge >= 0.3 is 0 Å². The average molecular weight is 270 g/mol. The Morgan fingerprint density at radius 1 is 1.00 bits per heavy atom. The van der Waals surface area contributed by atoms with Crippen LogP contribution in [0.4, 0.5) is 0 Å². The highest BCUT2D eigenvalue weighted by atomic mass is 16.9. The molecule has 0 amide bonds. The van der Waals surface area contributed by atoms with Gasteiger partial charge in [0, 0.05) is 6.61 Å². The van der Waals surface area contributed by atoms with Crippen molar-refractivity contribution in [3.05, 3.63) is 71.8 Å². The molecule has 0 aliphatic carbocycles. The molecule has 3 heteroatoms. The molecule has 2 aromatic carbocycles. The molecule has 1 aliphatic heterocycles. The third-order valence-corrected chi connectivity index (χ3v) is 3.50. The van der Waals surface area contributed by atoms with Gasteiger partial charge in [0.15, 0.2) is 0 Å². The van der Waals surface area contributed by atoms with Gasteiger partial charge in [-0.25, -0.2) is 0 Å². The monoisotopic (exact) mass is 270 g/mol. The average Bonchev–Trinajstić information content (AvgIpc) is 2.95. The second kappa shape index (κ2) is 5.75. The number of hydrogen-bond acceptors (Lipinski definition) is 3. The Bertz CT molecular complexity index is 499. The highest BCUT2D eigenvalue weighted by Gasteiger charge is 2.44. The predicted molar refractivity (Wildman–Crippen MR) is 76.1 cm³/mol. The van der Waals surface area contributed by atoms with Crippen molar-refractivity contribution in [3.63, 3.8) is 0 Å². The van der Waals surface area contributed by atoms with Crippen LogP contribution < -0.4 is 0 Å². The van der Waals surface area contributed by atoms with E-state index in [1.54, 1.807) is 0 Å². The number of rotatable bonds is 4. The van der Waals surface area contributed by atoms with E-state index < -0.39 is 12.1 Å². The summed E-state index contributed by atoms with van der Waals surface area (Å²) in [5, 5.41) is 0. The summed E-state index contributed by atoms with van der Waals surface area (Å²) in [5.74, 6) is 0. The molecule has 0 aromatic heterocycles. The van der Waals surface area contributed by atoms with Gasteiger partial charge in [-0.05, 0) is 18.1 Å². The molecule has 0 bridgehead atoms. The summed E-state index contributed by atoms with van der Waals surface area (Å²) in [6, 6.07) is 20.3. The van der Waals surface area contributed by atoms with Crippen molar-refractivity contribution in [2.24, 2.45) is 0 Å². The van der Waals surface area contributed by atoms with Crippen LogP contribution in [-0.4, -0.2) is 19.7 Å². The Balaban J connectivity index is 2.01. The maximum absolute atomic E-state index is 6.12. The maximum Gasteiger partial charge on any atom is 0.273 e. The van der Waals surface area contributed by atoms with Crippen LogP contribution in [0.1, 0.15) is 18.1 Å². The van der Waals surface area contributed by atoms with E-state index in [1.807, 2.05) is 43.3 Å². The Labute approximate surface area is 119 Å². The van der Waals surface area contributed by atoms with Gasteiger partial charge in [-0.3, -0.25) is 0 Å². The van der Waals surface area contributed by atoms with Crippen molar-refractivity contribution in [1.82, 2.24) is 0 Å². The lowest BCUT2D eigenvalue weighted by molar-refractivity contribution is -0.244. The SMILES string of the molecule is CCOC1OCC(c2ccccc2)(c2ccccc2)O1. The molecular weight excluding hydrogens is 252 g/mol. The van der Waals surface area contributed by atoms with E-state index in [4.69, 9.17) is 14.2 Å². The molecule has 1 unspecified atom stereocenters. The van der Waals surface area contributed by atoms with E-state index in [1.165, 1.54) is 0 Å². The minimum absolute atomic E-state index is 0.450. The molecular formula is C17H18O3. The van der Waals surface area contributed by atoms with Crippen LogP contribution in [-0.2, 0) is 19.8 Å². The first-order valence-electron chi connectivity index (χ1n) is 6.87. The second-order valence-corrected chi connectivity index (χ2v) is 4.73. The lowest BCUT2D eigenvalue weighted by Gasteiger charge is -2.28. The zero-order valence-electron chi connectivity index (χ0n) is 11.5. The van der Waals surface area contributed by atoms with Crippen LogP contribution in [0.15, 0.2) is 60.7 Å². The molecule has 20 heavy (non-hydrogen) atoms. The van der Waals surface area contributed by atoms with Gasteiger partial charge in [0.05, 0.1) is 6.61 Å². The van der Waals surface area contributed by atoms with Crippen LogP contribution in [0, 0.1) is 0 Å². The molecule has 2 aromatic rings. The van der Waals surface area contributed by atoms with Gasteiger partial charge in [-0.15, -0.1) is 0 Å². The summed E-state index contributed by atoms with van der Waals surface area (Å²) < 4.78 is 17.2. The van der Waals surface area contributed by atoms with Gasteiger partial charge in [0.2, 0.25) is 0 Å². The fraction of sp³-hybridized carbons (Fsp3) is 0.294. The molecule has 0 N–H and O–H groups in total. The lowest BCUT2D eigenvalue weighted by Crippen LogP contribution is -2.31. The molecule has 0 saturated carbocycles. The van der Waals surface area contributed by atoms with E-state index in [-0.39, 0.29) is 0 Å². The largest absolute Gasteiger partial charge is 0.330 e. The molecule has 3 rings (SSSR count). The molecule has 1 saturated heterocycles. The molecule has 104 valence electrons. The maximum atomic E-state index is 6.12. The summed E-state index contributed by atoms with van der Waals surface area (Å²) in [6.07, 6.45) is 0. The van der Waals surface area contributed by atoms with E-state index in [0.717, 1.165) is 11.1 Å². The fourth-order valence-electron chi connectivity index (χ4n) is 2.52. The third-order valence-electron chi connectivity index (χ3n) is 3.50. The number of hydrogen-bond donors (Lipinski definition) is 0. The van der Waals surface area contributed by atoms with E-state index in [2.05, 4.69) is 24.3 Å². The molecule has 0 spiro atoms. The predicted octanol–water partition coefficient (Wildman–Crippen LogP) is 3.30. The molecule has 1 atom stereocenters. The molecule has 0 radical (unpaired) electrons. The Morgan fingerprint density at radius 3 is 2.05 bits per heavy atom. The first-order chi connectivity index (χ1) is 9.85. The van der Waals surface area contributed by atoms with Crippen LogP contribution in [0.3, 0.4) is 0 Å². The number of ether oxygens (including phenoxy) is 3. The summed E-state index contributed by atoms with van der Waals surface area (Å²) >= 11 is 0. The zero-order valence-corrected chi connectivity index (χ0v) is 11.5. The van der Waals surface area contributed by atoms with Gasteiger partial charge < -0.3 is 14.2 Å². The van der Waals surface area contributed by atoms with Crippen LogP contribution >= 0.6 is 0 Å². The minimum Gasteiger partial charge on any atom is -0.330 e. The van der Waals surface area contributed by atoms with Crippen LogP contribution in [0.5, 0.6) is 0 Å². The Hall–Kier alpha value is -1.68. The highest BCUT2D eigenvalue weighted by Crippen LogP contribution is 2.39. The minimum atomic E-state index is -0.611. The molecule has 1 aliphatic rings. The van der Waals surface area contributed by atoms with Crippen molar-refractivity contribution in [1.29, 1.82) is 0 Å². The Morgan fingerprint density at radius 2 is 1.55 bits per heavy atom. The van der Waals surface area contributed by atoms with E-state index in [9.17, 15) is 0 Å². The first-order valence-corrected chi connectivity index (χ1v) is 6.87. The van der Waals surface area contributed by atoms with Gasteiger partial charge in [0.25, 0.3) is 6.48 Å². The summed E-state index contributed by atoms with van der Waals surface area (Å²) in [4.78, 5) is 0. The fourth-order valence-corrected chi connectivity index (χ4v) is 2.52. The molecule has 3 nitrogen and oxygen atoms in total. The normalized spacial score (nSPS) is 20.9. The summed E-state index contributed by atoms with van der Waals surface area (Å²) in [5.41, 5.74) is 1.56. The van der Waals surface area contributed by atoms with Crippen molar-refractivity contribution in [2.75, 3.05) is 13.2 Å². The van der Waals surface area contributed by atoms with Crippen LogP contribution in [0.25, 0.3) is 0 Å².